The molecule has 0 saturated carbocycles. The number of methoxy groups -OCH3 is 1. The van der Waals surface area contributed by atoms with Crippen molar-refractivity contribution in [1.29, 1.82) is 0 Å². The number of nitrogens with two attached hydrogens (primary N) is 1. The van der Waals surface area contributed by atoms with E-state index in [4.69, 9.17) is 15.6 Å². The van der Waals surface area contributed by atoms with Crippen molar-refractivity contribution in [3.63, 3.8) is 0 Å². The molecule has 20 heavy (non-hydrogen) atoms. The molecule has 1 aromatic rings. The fraction of sp³-hybridized carbons (Fsp3) is 0.429. The van der Waals surface area contributed by atoms with Crippen LogP contribution in [0.5, 0.6) is 5.75 Å². The van der Waals surface area contributed by atoms with Gasteiger partial charge in [0, 0.05) is 25.6 Å². The lowest BCUT2D eigenvalue weighted by Gasteiger charge is -2.22. The van der Waals surface area contributed by atoms with E-state index in [9.17, 15) is 9.59 Å². The maximum Gasteiger partial charge on any atom is 0.303 e. The highest BCUT2D eigenvalue weighted by Gasteiger charge is 2.19. The fourth-order valence-corrected chi connectivity index (χ4v) is 1.85. The Hall–Kier alpha value is -2.08. The highest BCUT2D eigenvalue weighted by Crippen LogP contribution is 2.19. The van der Waals surface area contributed by atoms with Gasteiger partial charge in [0.25, 0.3) is 0 Å². The minimum absolute atomic E-state index is 0.116. The molecule has 1 rings (SSSR count). The highest BCUT2D eigenvalue weighted by atomic mass is 16.5. The van der Waals surface area contributed by atoms with Gasteiger partial charge in [-0.3, -0.25) is 9.59 Å². The number of ether oxygens (including phenoxy) is 1. The molecule has 1 amide bonds. The maximum absolute atomic E-state index is 12.0. The Labute approximate surface area is 118 Å². The van der Waals surface area contributed by atoms with Crippen LogP contribution >= 0.6 is 0 Å². The molecule has 0 radical (unpaired) electrons. The van der Waals surface area contributed by atoms with Crippen molar-refractivity contribution in [1.82, 2.24) is 4.90 Å². The predicted octanol–water partition coefficient (Wildman–Crippen LogP) is 0.846. The summed E-state index contributed by atoms with van der Waals surface area (Å²) in [6, 6.07) is 6.60. The Morgan fingerprint density at radius 3 is 2.65 bits per heavy atom. The van der Waals surface area contributed by atoms with Gasteiger partial charge < -0.3 is 20.5 Å². The SMILES string of the molecule is COc1ccccc1CN(C)C(=O)C(N)CCC(=O)O. The lowest BCUT2D eigenvalue weighted by atomic mass is 10.1. The van der Waals surface area contributed by atoms with E-state index >= 15 is 0 Å². The van der Waals surface area contributed by atoms with E-state index in [1.807, 2.05) is 24.3 Å². The first-order chi connectivity index (χ1) is 9.45. The average molecular weight is 280 g/mol. The van der Waals surface area contributed by atoms with Crippen LogP contribution in [0.1, 0.15) is 18.4 Å². The van der Waals surface area contributed by atoms with Crippen LogP contribution in [0.3, 0.4) is 0 Å². The van der Waals surface area contributed by atoms with Crippen LogP contribution in [0.25, 0.3) is 0 Å². The monoisotopic (exact) mass is 280 g/mol. The van der Waals surface area contributed by atoms with Gasteiger partial charge >= 0.3 is 5.97 Å². The second-order valence-corrected chi connectivity index (χ2v) is 4.55. The molecular formula is C14H20N2O4. The van der Waals surface area contributed by atoms with E-state index < -0.39 is 12.0 Å². The van der Waals surface area contributed by atoms with Crippen molar-refractivity contribution in [3.05, 3.63) is 29.8 Å². The normalized spacial score (nSPS) is 11.8. The van der Waals surface area contributed by atoms with Crippen LogP contribution < -0.4 is 10.5 Å². The maximum atomic E-state index is 12.0. The van der Waals surface area contributed by atoms with E-state index in [1.165, 1.54) is 4.90 Å². The summed E-state index contributed by atoms with van der Waals surface area (Å²) < 4.78 is 5.22. The van der Waals surface area contributed by atoms with E-state index in [1.54, 1.807) is 14.2 Å². The van der Waals surface area contributed by atoms with Crippen molar-refractivity contribution in [2.75, 3.05) is 14.2 Å². The smallest absolute Gasteiger partial charge is 0.303 e. The number of hydrogen-bond donors (Lipinski definition) is 2. The summed E-state index contributed by atoms with van der Waals surface area (Å²) in [6.45, 7) is 0.365. The molecule has 0 aliphatic carbocycles. The molecule has 0 spiro atoms. The molecular weight excluding hydrogens is 260 g/mol. The number of hydrogen-bond acceptors (Lipinski definition) is 4. The number of carboxylic acids is 1. The van der Waals surface area contributed by atoms with Gasteiger partial charge in [0.1, 0.15) is 5.75 Å². The molecule has 0 bridgehead atoms. The van der Waals surface area contributed by atoms with Crippen LogP contribution in [0.4, 0.5) is 0 Å². The van der Waals surface area contributed by atoms with Crippen molar-refractivity contribution >= 4 is 11.9 Å². The first-order valence-corrected chi connectivity index (χ1v) is 6.30. The number of carboxylic acid groups (broad SMARTS) is 1. The van der Waals surface area contributed by atoms with E-state index in [-0.39, 0.29) is 18.7 Å². The molecule has 0 aromatic heterocycles. The van der Waals surface area contributed by atoms with Gasteiger partial charge in [-0.1, -0.05) is 18.2 Å². The van der Waals surface area contributed by atoms with Crippen LogP contribution in [0.15, 0.2) is 24.3 Å². The molecule has 0 saturated heterocycles. The van der Waals surface area contributed by atoms with Gasteiger partial charge in [0.05, 0.1) is 13.2 Å². The second kappa shape index (κ2) is 7.49. The zero-order valence-corrected chi connectivity index (χ0v) is 11.7. The molecule has 1 atom stereocenters. The number of carbonyl (C=O) groups excluding carboxylic acids is 1. The van der Waals surface area contributed by atoms with Gasteiger partial charge in [-0.15, -0.1) is 0 Å². The van der Waals surface area contributed by atoms with Gasteiger partial charge in [-0.25, -0.2) is 0 Å². The third kappa shape index (κ3) is 4.55. The third-order valence-electron chi connectivity index (χ3n) is 2.96. The molecule has 0 fully saturated rings. The average Bonchev–Trinajstić information content (AvgIpc) is 2.44. The number of benzene rings is 1. The molecule has 1 unspecified atom stereocenters. The van der Waals surface area contributed by atoms with Crippen molar-refractivity contribution in [2.24, 2.45) is 5.73 Å². The summed E-state index contributed by atoms with van der Waals surface area (Å²) in [7, 11) is 3.20. The zero-order valence-electron chi connectivity index (χ0n) is 11.7. The summed E-state index contributed by atoms with van der Waals surface area (Å²) in [6.07, 6.45) is 0.0137. The first-order valence-electron chi connectivity index (χ1n) is 6.30. The van der Waals surface area contributed by atoms with Crippen LogP contribution in [-0.4, -0.2) is 42.1 Å². The summed E-state index contributed by atoms with van der Waals surface area (Å²) in [5, 5.41) is 8.59. The third-order valence-corrected chi connectivity index (χ3v) is 2.96. The predicted molar refractivity (Wildman–Crippen MR) is 74.3 cm³/mol. The van der Waals surface area contributed by atoms with E-state index in [0.29, 0.717) is 12.3 Å². The van der Waals surface area contributed by atoms with Crippen molar-refractivity contribution in [3.8, 4) is 5.75 Å². The molecule has 0 heterocycles. The summed E-state index contributed by atoms with van der Waals surface area (Å²) in [5.74, 6) is -0.538. The lowest BCUT2D eigenvalue weighted by Crippen LogP contribution is -2.41. The molecule has 6 nitrogen and oxygen atoms in total. The summed E-state index contributed by atoms with van der Waals surface area (Å²) in [4.78, 5) is 24.0. The number of amides is 1. The number of aliphatic carboxylic acids is 1. The molecule has 0 aliphatic rings. The van der Waals surface area contributed by atoms with Crippen molar-refractivity contribution < 1.29 is 19.4 Å². The number of para-hydroxylation sites is 1. The molecule has 1 aromatic carbocycles. The zero-order chi connectivity index (χ0) is 15.1. The Bertz CT molecular complexity index is 476. The molecule has 6 heteroatoms. The fourth-order valence-electron chi connectivity index (χ4n) is 1.85. The molecule has 0 aliphatic heterocycles. The quantitative estimate of drug-likeness (QED) is 0.772. The van der Waals surface area contributed by atoms with Crippen LogP contribution in [0, 0.1) is 0 Å². The van der Waals surface area contributed by atoms with Gasteiger partial charge in [-0.05, 0) is 12.5 Å². The first kappa shape index (κ1) is 16.0. The number of rotatable bonds is 7. The summed E-state index contributed by atoms with van der Waals surface area (Å²) in [5.41, 5.74) is 6.58. The largest absolute Gasteiger partial charge is 0.496 e. The lowest BCUT2D eigenvalue weighted by molar-refractivity contribution is -0.137. The van der Waals surface area contributed by atoms with Crippen molar-refractivity contribution in [2.45, 2.75) is 25.4 Å². The minimum atomic E-state index is -0.958. The standard InChI is InChI=1S/C14H20N2O4/c1-16(14(19)11(15)7-8-13(17)18)9-10-5-3-4-6-12(10)20-2/h3-6,11H,7-9,15H2,1-2H3,(H,17,18). The molecule has 110 valence electrons. The highest BCUT2D eigenvalue weighted by molar-refractivity contribution is 5.82. The molecule has 3 N–H and O–H groups in total. The summed E-state index contributed by atoms with van der Waals surface area (Å²) >= 11 is 0. The second-order valence-electron chi connectivity index (χ2n) is 4.55. The number of carbonyl (C=O) groups is 2. The van der Waals surface area contributed by atoms with Gasteiger partial charge in [-0.2, -0.15) is 0 Å². The van der Waals surface area contributed by atoms with Gasteiger partial charge in [0.2, 0.25) is 5.91 Å². The van der Waals surface area contributed by atoms with E-state index in [2.05, 4.69) is 0 Å². The Morgan fingerprint density at radius 2 is 2.05 bits per heavy atom. The topological polar surface area (TPSA) is 92.9 Å². The van der Waals surface area contributed by atoms with Gasteiger partial charge in [0.15, 0.2) is 0 Å². The Balaban J connectivity index is 2.63. The Morgan fingerprint density at radius 1 is 1.40 bits per heavy atom. The number of nitrogens with zero attached hydrogens (tertiary/aromatic N) is 1. The number of likely N-dealkylation sites (N-methyl/N-ethyl adjacent to an activating group) is 1. The van der Waals surface area contributed by atoms with E-state index in [0.717, 1.165) is 5.56 Å². The van der Waals surface area contributed by atoms with Crippen LogP contribution in [0.2, 0.25) is 0 Å². The van der Waals surface area contributed by atoms with Crippen LogP contribution in [-0.2, 0) is 16.1 Å². The minimum Gasteiger partial charge on any atom is -0.496 e. The Kier molecular flexibility index (Phi) is 5.99.